The molecule has 3 N–H and O–H groups in total. The van der Waals surface area contributed by atoms with Gasteiger partial charge in [0.25, 0.3) is 0 Å². The number of aryl methyl sites for hydroxylation is 1. The summed E-state index contributed by atoms with van der Waals surface area (Å²) in [5.74, 6) is 0.407. The second kappa shape index (κ2) is 7.88. The fraction of sp³-hybridized carbons (Fsp3) is 0.533. The summed E-state index contributed by atoms with van der Waals surface area (Å²) in [5.41, 5.74) is 7.16. The highest BCUT2D eigenvalue weighted by molar-refractivity contribution is 5.76. The van der Waals surface area contributed by atoms with Crippen LogP contribution in [-0.4, -0.2) is 18.5 Å². The molecule has 1 aromatic carbocycles. The van der Waals surface area contributed by atoms with Crippen LogP contribution in [0.3, 0.4) is 0 Å². The maximum absolute atomic E-state index is 11.6. The van der Waals surface area contributed by atoms with Crippen molar-refractivity contribution in [3.8, 4) is 0 Å². The number of carbonyl (C=O) groups excluding carboxylic acids is 1. The molecule has 1 amide bonds. The van der Waals surface area contributed by atoms with Gasteiger partial charge in [-0.05, 0) is 24.3 Å². The Labute approximate surface area is 110 Å². The minimum absolute atomic E-state index is 0.0425. The van der Waals surface area contributed by atoms with Crippen molar-refractivity contribution >= 4 is 5.91 Å². The Morgan fingerprint density at radius 3 is 2.56 bits per heavy atom. The van der Waals surface area contributed by atoms with Crippen molar-refractivity contribution in [3.05, 3.63) is 35.9 Å². The topological polar surface area (TPSA) is 55.1 Å². The molecule has 0 aliphatic rings. The van der Waals surface area contributed by atoms with Crippen molar-refractivity contribution in [2.75, 3.05) is 6.54 Å². The summed E-state index contributed by atoms with van der Waals surface area (Å²) in [7, 11) is 0. The summed E-state index contributed by atoms with van der Waals surface area (Å²) in [6.07, 6.45) is 2.38. The van der Waals surface area contributed by atoms with E-state index in [0.717, 1.165) is 19.4 Å². The highest BCUT2D eigenvalue weighted by atomic mass is 16.1. The molecular formula is C15H24N2O. The number of hydrogen-bond acceptors (Lipinski definition) is 2. The molecule has 1 atom stereocenters. The lowest BCUT2D eigenvalue weighted by Crippen LogP contribution is -2.35. The first-order valence-electron chi connectivity index (χ1n) is 6.66. The average molecular weight is 248 g/mol. The molecule has 0 spiro atoms. The zero-order valence-corrected chi connectivity index (χ0v) is 11.4. The van der Waals surface area contributed by atoms with Gasteiger partial charge >= 0.3 is 0 Å². The van der Waals surface area contributed by atoms with Crippen LogP contribution in [0.4, 0.5) is 0 Å². The Hall–Kier alpha value is -1.35. The van der Waals surface area contributed by atoms with Gasteiger partial charge in [-0.25, -0.2) is 0 Å². The Bertz CT molecular complexity index is 349. The lowest BCUT2D eigenvalue weighted by atomic mass is 10.0. The third kappa shape index (κ3) is 5.82. The predicted molar refractivity (Wildman–Crippen MR) is 75.2 cm³/mol. The predicted octanol–water partition coefficient (Wildman–Crippen LogP) is 2.11. The molecular weight excluding hydrogens is 224 g/mol. The highest BCUT2D eigenvalue weighted by Crippen LogP contribution is 2.03. The van der Waals surface area contributed by atoms with Gasteiger partial charge in [0.05, 0.1) is 0 Å². The Morgan fingerprint density at radius 1 is 1.28 bits per heavy atom. The van der Waals surface area contributed by atoms with E-state index >= 15 is 0 Å². The van der Waals surface area contributed by atoms with Gasteiger partial charge in [0.1, 0.15) is 0 Å². The van der Waals surface area contributed by atoms with Crippen molar-refractivity contribution in [1.82, 2.24) is 5.32 Å². The van der Waals surface area contributed by atoms with Crippen molar-refractivity contribution < 1.29 is 4.79 Å². The molecule has 3 heteroatoms. The zero-order chi connectivity index (χ0) is 13.4. The maximum Gasteiger partial charge on any atom is 0.221 e. The number of nitrogens with two attached hydrogens (primary N) is 1. The third-order valence-electron chi connectivity index (χ3n) is 3.08. The van der Waals surface area contributed by atoms with Gasteiger partial charge in [-0.2, -0.15) is 0 Å². The molecule has 0 radical (unpaired) electrons. The Morgan fingerprint density at radius 2 is 1.94 bits per heavy atom. The van der Waals surface area contributed by atoms with E-state index in [1.807, 2.05) is 32.0 Å². The molecule has 0 bridgehead atoms. The average Bonchev–Trinajstić information content (AvgIpc) is 2.35. The zero-order valence-electron chi connectivity index (χ0n) is 11.4. The smallest absolute Gasteiger partial charge is 0.221 e. The maximum atomic E-state index is 11.6. The number of hydrogen-bond donors (Lipinski definition) is 2. The van der Waals surface area contributed by atoms with Crippen LogP contribution in [-0.2, 0) is 11.2 Å². The van der Waals surface area contributed by atoms with E-state index in [2.05, 4.69) is 17.4 Å². The van der Waals surface area contributed by atoms with Gasteiger partial charge in [-0.15, -0.1) is 0 Å². The molecule has 1 unspecified atom stereocenters. The number of rotatable bonds is 7. The molecule has 0 aromatic heterocycles. The standard InChI is InChI=1S/C15H24N2O/c1-12(2)14(16)11-15(18)17-10-6-9-13-7-4-3-5-8-13/h3-5,7-8,12,14H,6,9-11,16H2,1-2H3,(H,17,18). The van der Waals surface area contributed by atoms with Gasteiger partial charge < -0.3 is 11.1 Å². The van der Waals surface area contributed by atoms with E-state index in [-0.39, 0.29) is 11.9 Å². The van der Waals surface area contributed by atoms with Gasteiger partial charge in [0.15, 0.2) is 0 Å². The lowest BCUT2D eigenvalue weighted by Gasteiger charge is -2.14. The Kier molecular flexibility index (Phi) is 6.44. The SMILES string of the molecule is CC(C)C(N)CC(=O)NCCCc1ccccc1. The summed E-state index contributed by atoms with van der Waals surface area (Å²) in [6.45, 7) is 4.79. The molecule has 0 saturated heterocycles. The second-order valence-electron chi connectivity index (χ2n) is 5.05. The van der Waals surface area contributed by atoms with Crippen LogP contribution < -0.4 is 11.1 Å². The summed E-state index contributed by atoms with van der Waals surface area (Å²) >= 11 is 0. The molecule has 1 rings (SSSR count). The van der Waals surface area contributed by atoms with Crippen molar-refractivity contribution in [3.63, 3.8) is 0 Å². The fourth-order valence-corrected chi connectivity index (χ4v) is 1.69. The van der Waals surface area contributed by atoms with Gasteiger partial charge in [0, 0.05) is 19.0 Å². The molecule has 18 heavy (non-hydrogen) atoms. The van der Waals surface area contributed by atoms with Crippen LogP contribution in [0, 0.1) is 5.92 Å². The van der Waals surface area contributed by atoms with Crippen LogP contribution in [0.15, 0.2) is 30.3 Å². The number of benzene rings is 1. The van der Waals surface area contributed by atoms with Gasteiger partial charge in [-0.3, -0.25) is 4.79 Å². The van der Waals surface area contributed by atoms with Crippen LogP contribution >= 0.6 is 0 Å². The molecule has 0 saturated carbocycles. The molecule has 0 heterocycles. The van der Waals surface area contributed by atoms with Crippen molar-refractivity contribution in [2.24, 2.45) is 11.7 Å². The quantitative estimate of drug-likeness (QED) is 0.726. The van der Waals surface area contributed by atoms with Crippen LogP contribution in [0.1, 0.15) is 32.3 Å². The van der Waals surface area contributed by atoms with Crippen LogP contribution in [0.25, 0.3) is 0 Å². The normalized spacial score (nSPS) is 12.4. The lowest BCUT2D eigenvalue weighted by molar-refractivity contribution is -0.121. The van der Waals surface area contributed by atoms with E-state index in [9.17, 15) is 4.79 Å². The number of nitrogens with one attached hydrogen (secondary N) is 1. The summed E-state index contributed by atoms with van der Waals surface area (Å²) < 4.78 is 0. The largest absolute Gasteiger partial charge is 0.356 e. The monoisotopic (exact) mass is 248 g/mol. The van der Waals surface area contributed by atoms with Crippen molar-refractivity contribution in [1.29, 1.82) is 0 Å². The van der Waals surface area contributed by atoms with E-state index in [1.54, 1.807) is 0 Å². The van der Waals surface area contributed by atoms with E-state index in [0.29, 0.717) is 12.3 Å². The first-order chi connectivity index (χ1) is 8.59. The van der Waals surface area contributed by atoms with E-state index in [4.69, 9.17) is 5.73 Å². The molecule has 100 valence electrons. The molecule has 1 aromatic rings. The number of amides is 1. The molecule has 0 fully saturated rings. The molecule has 3 nitrogen and oxygen atoms in total. The van der Waals surface area contributed by atoms with Gasteiger partial charge in [-0.1, -0.05) is 44.2 Å². The van der Waals surface area contributed by atoms with E-state index < -0.39 is 0 Å². The van der Waals surface area contributed by atoms with Gasteiger partial charge in [0.2, 0.25) is 5.91 Å². The summed E-state index contributed by atoms with van der Waals surface area (Å²) in [6, 6.07) is 10.3. The van der Waals surface area contributed by atoms with Crippen LogP contribution in [0.5, 0.6) is 0 Å². The summed E-state index contributed by atoms with van der Waals surface area (Å²) in [5, 5.41) is 2.92. The minimum atomic E-state index is -0.0425. The summed E-state index contributed by atoms with van der Waals surface area (Å²) in [4.78, 5) is 11.6. The number of carbonyl (C=O) groups is 1. The third-order valence-corrected chi connectivity index (χ3v) is 3.08. The van der Waals surface area contributed by atoms with Crippen molar-refractivity contribution in [2.45, 2.75) is 39.2 Å². The Balaban J connectivity index is 2.13. The first-order valence-corrected chi connectivity index (χ1v) is 6.66. The minimum Gasteiger partial charge on any atom is -0.356 e. The molecule has 0 aliphatic carbocycles. The van der Waals surface area contributed by atoms with E-state index in [1.165, 1.54) is 5.56 Å². The fourth-order valence-electron chi connectivity index (χ4n) is 1.69. The highest BCUT2D eigenvalue weighted by Gasteiger charge is 2.12. The first kappa shape index (κ1) is 14.7. The second-order valence-corrected chi connectivity index (χ2v) is 5.05. The molecule has 0 aliphatic heterocycles. The van der Waals surface area contributed by atoms with Crippen LogP contribution in [0.2, 0.25) is 0 Å².